The second-order valence-corrected chi connectivity index (χ2v) is 6.21. The first-order chi connectivity index (χ1) is 12.1. The van der Waals surface area contributed by atoms with E-state index in [1.54, 1.807) is 18.2 Å². The molecule has 0 saturated carbocycles. The molecule has 0 fully saturated rings. The second kappa shape index (κ2) is 7.59. The summed E-state index contributed by atoms with van der Waals surface area (Å²) in [4.78, 5) is 8.45. The predicted octanol–water partition coefficient (Wildman–Crippen LogP) is 5.42. The molecule has 0 amide bonds. The summed E-state index contributed by atoms with van der Waals surface area (Å²) < 4.78 is 0. The zero-order valence-electron chi connectivity index (χ0n) is 13.6. The fourth-order valence-electron chi connectivity index (χ4n) is 2.39. The number of benzene rings is 2. The molecule has 25 heavy (non-hydrogen) atoms. The molecule has 3 aromatic rings. The van der Waals surface area contributed by atoms with Gasteiger partial charge in [-0.3, -0.25) is 0 Å². The maximum atomic E-state index is 6.23. The van der Waals surface area contributed by atoms with Gasteiger partial charge >= 0.3 is 0 Å². The van der Waals surface area contributed by atoms with Crippen molar-refractivity contribution >= 4 is 51.9 Å². The third kappa shape index (κ3) is 3.95. The molecule has 0 unspecified atom stereocenters. The summed E-state index contributed by atoms with van der Waals surface area (Å²) >= 11 is 12.1. The summed E-state index contributed by atoms with van der Waals surface area (Å²) in [7, 11) is 0. The Morgan fingerprint density at radius 2 is 1.64 bits per heavy atom. The molecule has 3 rings (SSSR count). The Balaban J connectivity index is 1.89. The average Bonchev–Trinajstić information content (AvgIpc) is 2.61. The van der Waals surface area contributed by atoms with Crippen LogP contribution in [0, 0.1) is 0 Å². The lowest BCUT2D eigenvalue weighted by Gasteiger charge is -2.15. The number of rotatable bonds is 5. The van der Waals surface area contributed by atoms with Crippen molar-refractivity contribution in [3.8, 4) is 0 Å². The lowest BCUT2D eigenvalue weighted by Crippen LogP contribution is -2.06. The molecule has 4 N–H and O–H groups in total. The molecule has 1 heterocycles. The highest BCUT2D eigenvalue weighted by atomic mass is 35.5. The van der Waals surface area contributed by atoms with E-state index in [0.29, 0.717) is 33.1 Å². The van der Waals surface area contributed by atoms with Crippen molar-refractivity contribution in [3.05, 3.63) is 64.4 Å². The van der Waals surface area contributed by atoms with Gasteiger partial charge in [0.15, 0.2) is 11.6 Å². The van der Waals surface area contributed by atoms with Gasteiger partial charge in [0.25, 0.3) is 0 Å². The van der Waals surface area contributed by atoms with E-state index in [0.717, 1.165) is 12.1 Å². The summed E-state index contributed by atoms with van der Waals surface area (Å²) in [5.41, 5.74) is 9.44. The number of hydrogen-bond acceptors (Lipinski definition) is 5. The highest BCUT2D eigenvalue weighted by molar-refractivity contribution is 6.36. The van der Waals surface area contributed by atoms with Crippen molar-refractivity contribution in [2.24, 2.45) is 0 Å². The SMILES string of the molecule is CCc1ccccc1Nc1ncnc(Nc2ccc(Cl)cc2Cl)c1N. The lowest BCUT2D eigenvalue weighted by atomic mass is 10.1. The molecule has 0 atom stereocenters. The monoisotopic (exact) mass is 373 g/mol. The first-order valence-electron chi connectivity index (χ1n) is 7.76. The quantitative estimate of drug-likeness (QED) is 0.556. The number of nitrogens with two attached hydrogens (primary N) is 1. The van der Waals surface area contributed by atoms with Gasteiger partial charge in [-0.25, -0.2) is 9.97 Å². The van der Waals surface area contributed by atoms with Gasteiger partial charge < -0.3 is 16.4 Å². The minimum absolute atomic E-state index is 0.402. The Morgan fingerprint density at radius 1 is 0.960 bits per heavy atom. The Morgan fingerprint density at radius 3 is 2.32 bits per heavy atom. The topological polar surface area (TPSA) is 75.9 Å². The molecular formula is C18H17Cl2N5. The molecule has 128 valence electrons. The molecule has 0 aliphatic heterocycles. The van der Waals surface area contributed by atoms with Crippen LogP contribution in [0.15, 0.2) is 48.8 Å². The summed E-state index contributed by atoms with van der Waals surface area (Å²) in [6, 6.07) is 13.2. The first kappa shape index (κ1) is 17.3. The van der Waals surface area contributed by atoms with Crippen molar-refractivity contribution in [1.29, 1.82) is 0 Å². The van der Waals surface area contributed by atoms with E-state index in [1.165, 1.54) is 11.9 Å². The van der Waals surface area contributed by atoms with Crippen LogP contribution in [0.25, 0.3) is 0 Å². The Bertz CT molecular complexity index is 898. The van der Waals surface area contributed by atoms with Crippen LogP contribution in [0.4, 0.5) is 28.7 Å². The number of aromatic nitrogens is 2. The molecule has 2 aromatic carbocycles. The van der Waals surface area contributed by atoms with Crippen LogP contribution < -0.4 is 16.4 Å². The lowest BCUT2D eigenvalue weighted by molar-refractivity contribution is 1.13. The fourth-order valence-corrected chi connectivity index (χ4v) is 2.85. The molecular weight excluding hydrogens is 357 g/mol. The maximum absolute atomic E-state index is 6.23. The van der Waals surface area contributed by atoms with Crippen molar-refractivity contribution < 1.29 is 0 Å². The molecule has 0 radical (unpaired) electrons. The van der Waals surface area contributed by atoms with Gasteiger partial charge in [0, 0.05) is 10.7 Å². The largest absolute Gasteiger partial charge is 0.393 e. The van der Waals surface area contributed by atoms with Gasteiger partial charge in [-0.2, -0.15) is 0 Å². The summed E-state index contributed by atoms with van der Waals surface area (Å²) in [5.74, 6) is 0.999. The Kier molecular flexibility index (Phi) is 5.26. The fraction of sp³-hybridized carbons (Fsp3) is 0.111. The van der Waals surface area contributed by atoms with Gasteiger partial charge in [0.2, 0.25) is 0 Å². The number of nitrogen functional groups attached to an aromatic ring is 1. The third-order valence-corrected chi connectivity index (χ3v) is 4.27. The maximum Gasteiger partial charge on any atom is 0.159 e. The van der Waals surface area contributed by atoms with E-state index in [-0.39, 0.29) is 0 Å². The highest BCUT2D eigenvalue weighted by Crippen LogP contribution is 2.32. The summed E-state index contributed by atoms with van der Waals surface area (Å²) in [5, 5.41) is 7.43. The number of nitrogens with one attached hydrogen (secondary N) is 2. The van der Waals surface area contributed by atoms with Crippen LogP contribution in [0.3, 0.4) is 0 Å². The predicted molar refractivity (Wildman–Crippen MR) is 105 cm³/mol. The van der Waals surface area contributed by atoms with Crippen molar-refractivity contribution in [1.82, 2.24) is 9.97 Å². The van der Waals surface area contributed by atoms with E-state index in [4.69, 9.17) is 28.9 Å². The highest BCUT2D eigenvalue weighted by Gasteiger charge is 2.11. The molecule has 1 aromatic heterocycles. The van der Waals surface area contributed by atoms with Crippen LogP contribution in [0.2, 0.25) is 10.0 Å². The van der Waals surface area contributed by atoms with Crippen molar-refractivity contribution in [2.75, 3.05) is 16.4 Å². The molecule has 7 heteroatoms. The van der Waals surface area contributed by atoms with Gasteiger partial charge in [-0.05, 0) is 36.2 Å². The Labute approximate surface area is 156 Å². The standard InChI is InChI=1S/C18H17Cl2N5/c1-2-11-5-3-4-6-14(11)24-17-16(21)18(23-10-22-17)25-15-8-7-12(19)9-13(15)20/h3-10H,2,21H2,1H3,(H2,22,23,24,25). The average molecular weight is 374 g/mol. The van der Waals surface area contributed by atoms with E-state index >= 15 is 0 Å². The zero-order valence-corrected chi connectivity index (χ0v) is 15.1. The van der Waals surface area contributed by atoms with E-state index in [2.05, 4.69) is 33.6 Å². The number of aryl methyl sites for hydroxylation is 1. The minimum Gasteiger partial charge on any atom is -0.393 e. The molecule has 0 spiro atoms. The van der Waals surface area contributed by atoms with E-state index in [1.807, 2.05) is 18.2 Å². The number of anilines is 5. The minimum atomic E-state index is 0.402. The van der Waals surface area contributed by atoms with Gasteiger partial charge in [0.1, 0.15) is 12.0 Å². The number of para-hydroxylation sites is 1. The van der Waals surface area contributed by atoms with Crippen LogP contribution >= 0.6 is 23.2 Å². The van der Waals surface area contributed by atoms with Crippen LogP contribution in [0.5, 0.6) is 0 Å². The molecule has 0 aliphatic carbocycles. The van der Waals surface area contributed by atoms with E-state index < -0.39 is 0 Å². The van der Waals surface area contributed by atoms with Gasteiger partial charge in [0.05, 0.1) is 10.7 Å². The zero-order chi connectivity index (χ0) is 17.8. The number of halogens is 2. The van der Waals surface area contributed by atoms with Crippen molar-refractivity contribution in [2.45, 2.75) is 13.3 Å². The molecule has 0 saturated heterocycles. The third-order valence-electron chi connectivity index (χ3n) is 3.72. The molecule has 0 aliphatic rings. The summed E-state index contributed by atoms with van der Waals surface area (Å²) in [6.07, 6.45) is 2.35. The second-order valence-electron chi connectivity index (χ2n) is 5.37. The van der Waals surface area contributed by atoms with Gasteiger partial charge in [-0.1, -0.05) is 48.3 Å². The molecule has 0 bridgehead atoms. The van der Waals surface area contributed by atoms with Gasteiger partial charge in [-0.15, -0.1) is 0 Å². The van der Waals surface area contributed by atoms with Crippen LogP contribution in [0.1, 0.15) is 12.5 Å². The number of hydrogen-bond donors (Lipinski definition) is 3. The number of nitrogens with zero attached hydrogens (tertiary/aromatic N) is 2. The smallest absolute Gasteiger partial charge is 0.159 e. The van der Waals surface area contributed by atoms with Crippen LogP contribution in [-0.4, -0.2) is 9.97 Å². The van der Waals surface area contributed by atoms with Crippen molar-refractivity contribution in [3.63, 3.8) is 0 Å². The summed E-state index contributed by atoms with van der Waals surface area (Å²) in [6.45, 7) is 2.10. The first-order valence-corrected chi connectivity index (χ1v) is 8.51. The van der Waals surface area contributed by atoms with Crippen LogP contribution in [-0.2, 0) is 6.42 Å². The Hall–Kier alpha value is -2.50. The normalized spacial score (nSPS) is 10.5. The molecule has 5 nitrogen and oxygen atoms in total. The van der Waals surface area contributed by atoms with E-state index in [9.17, 15) is 0 Å².